The van der Waals surface area contributed by atoms with Gasteiger partial charge < -0.3 is 10.6 Å². The number of hydrogen-bond donors (Lipinski definition) is 3. The van der Waals surface area contributed by atoms with Crippen molar-refractivity contribution in [1.82, 2.24) is 15.4 Å². The molecule has 1 atom stereocenters. The highest BCUT2D eigenvalue weighted by molar-refractivity contribution is 14.0. The van der Waals surface area contributed by atoms with Crippen LogP contribution >= 0.6 is 24.0 Å². The van der Waals surface area contributed by atoms with Crippen LogP contribution in [0.1, 0.15) is 33.6 Å². The highest BCUT2D eigenvalue weighted by Gasteiger charge is 2.17. The Morgan fingerprint density at radius 1 is 1.21 bits per heavy atom. The van der Waals surface area contributed by atoms with Crippen LogP contribution in [0.15, 0.2) is 34.2 Å². The molecule has 1 aromatic rings. The Kier molecular flexibility index (Phi) is 12.2. The normalized spacial score (nSPS) is 13.0. The lowest BCUT2D eigenvalue weighted by atomic mass is 10.0. The minimum atomic E-state index is -3.82. The van der Waals surface area contributed by atoms with E-state index in [2.05, 4.69) is 41.1 Å². The van der Waals surface area contributed by atoms with E-state index in [0.29, 0.717) is 18.4 Å². The van der Waals surface area contributed by atoms with Crippen LogP contribution in [0.25, 0.3) is 0 Å². The quantitative estimate of drug-likeness (QED) is 0.107. The Morgan fingerprint density at radius 3 is 2.46 bits per heavy atom. The summed E-state index contributed by atoms with van der Waals surface area (Å²) in [7, 11) is -2.17. The number of rotatable bonds is 10. The van der Waals surface area contributed by atoms with E-state index in [1.54, 1.807) is 7.05 Å². The first-order valence-corrected chi connectivity index (χ1v) is 10.4. The van der Waals surface area contributed by atoms with Crippen LogP contribution in [-0.2, 0) is 10.0 Å². The molecule has 0 heterocycles. The topological polar surface area (TPSA) is 126 Å². The fourth-order valence-corrected chi connectivity index (χ4v) is 3.37. The standard InChI is InChI=1S/C17H29N5O4S.HI/c1-13(2)8-9-14(3)21-17(18-4)19-10-11-20-27(25,26)16-7-5-6-15(12-16)22(23)24;/h5-7,12-14,20H,8-11H2,1-4H3,(H2,18,19,21);1H. The number of hydrogen-bond acceptors (Lipinski definition) is 5. The van der Waals surface area contributed by atoms with Gasteiger partial charge in [0.15, 0.2) is 5.96 Å². The lowest BCUT2D eigenvalue weighted by Gasteiger charge is -2.18. The molecule has 0 aliphatic carbocycles. The molecular formula is C17H30IN5O4S. The van der Waals surface area contributed by atoms with Gasteiger partial charge in [0.2, 0.25) is 10.0 Å². The van der Waals surface area contributed by atoms with Crippen LogP contribution in [0.5, 0.6) is 0 Å². The van der Waals surface area contributed by atoms with Crippen LogP contribution in [0, 0.1) is 16.0 Å². The minimum absolute atomic E-state index is 0. The molecule has 0 bridgehead atoms. The second-order valence-corrected chi connectivity index (χ2v) is 8.43. The van der Waals surface area contributed by atoms with Gasteiger partial charge in [-0.25, -0.2) is 13.1 Å². The van der Waals surface area contributed by atoms with Gasteiger partial charge in [-0.05, 0) is 31.7 Å². The zero-order valence-corrected chi connectivity index (χ0v) is 19.8. The number of nitrogens with one attached hydrogen (secondary N) is 3. The number of non-ortho nitro benzene ring substituents is 1. The van der Waals surface area contributed by atoms with Crippen molar-refractivity contribution >= 4 is 45.6 Å². The third-order valence-electron chi connectivity index (χ3n) is 3.83. The summed E-state index contributed by atoms with van der Waals surface area (Å²) in [6, 6.07) is 5.19. The van der Waals surface area contributed by atoms with Crippen molar-refractivity contribution in [3.05, 3.63) is 34.4 Å². The molecule has 0 aromatic heterocycles. The molecule has 0 spiro atoms. The Bertz CT molecular complexity index is 756. The van der Waals surface area contributed by atoms with E-state index < -0.39 is 14.9 Å². The SMILES string of the molecule is CN=C(NCCNS(=O)(=O)c1cccc([N+](=O)[O-])c1)NC(C)CCC(C)C.I. The van der Waals surface area contributed by atoms with Crippen molar-refractivity contribution in [2.45, 2.75) is 44.6 Å². The molecule has 0 aliphatic rings. The van der Waals surface area contributed by atoms with E-state index in [1.807, 2.05) is 0 Å². The van der Waals surface area contributed by atoms with Crippen molar-refractivity contribution in [2.24, 2.45) is 10.9 Å². The average Bonchev–Trinajstić information content (AvgIpc) is 2.62. The Morgan fingerprint density at radius 2 is 1.89 bits per heavy atom. The van der Waals surface area contributed by atoms with E-state index >= 15 is 0 Å². The molecule has 0 fully saturated rings. The largest absolute Gasteiger partial charge is 0.355 e. The second kappa shape index (κ2) is 12.9. The van der Waals surface area contributed by atoms with Crippen LogP contribution in [0.4, 0.5) is 5.69 Å². The maximum absolute atomic E-state index is 12.2. The molecule has 11 heteroatoms. The van der Waals surface area contributed by atoms with Gasteiger partial charge in [0.25, 0.3) is 5.69 Å². The van der Waals surface area contributed by atoms with Crippen LogP contribution in [-0.4, -0.2) is 45.5 Å². The first-order valence-electron chi connectivity index (χ1n) is 8.87. The van der Waals surface area contributed by atoms with E-state index in [-0.39, 0.29) is 47.1 Å². The molecule has 0 amide bonds. The summed E-state index contributed by atoms with van der Waals surface area (Å²) in [4.78, 5) is 14.1. The fourth-order valence-electron chi connectivity index (χ4n) is 2.30. The molecule has 160 valence electrons. The number of aliphatic imine (C=N–C) groups is 1. The van der Waals surface area contributed by atoms with E-state index in [9.17, 15) is 18.5 Å². The molecule has 1 unspecified atom stereocenters. The molecule has 28 heavy (non-hydrogen) atoms. The van der Waals surface area contributed by atoms with Gasteiger partial charge in [-0.3, -0.25) is 15.1 Å². The van der Waals surface area contributed by atoms with Gasteiger partial charge in [-0.15, -0.1) is 24.0 Å². The highest BCUT2D eigenvalue weighted by Crippen LogP contribution is 2.16. The number of nitro benzene ring substituents is 1. The highest BCUT2D eigenvalue weighted by atomic mass is 127. The summed E-state index contributed by atoms with van der Waals surface area (Å²) in [5, 5.41) is 17.1. The molecule has 1 aromatic carbocycles. The summed E-state index contributed by atoms with van der Waals surface area (Å²) in [6.45, 7) is 6.86. The van der Waals surface area contributed by atoms with Crippen molar-refractivity contribution in [1.29, 1.82) is 0 Å². The zero-order valence-electron chi connectivity index (χ0n) is 16.6. The van der Waals surface area contributed by atoms with Crippen LogP contribution in [0.3, 0.4) is 0 Å². The first kappa shape index (κ1) is 26.5. The number of halogens is 1. The van der Waals surface area contributed by atoms with Gasteiger partial charge in [-0.2, -0.15) is 0 Å². The Hall–Kier alpha value is -1.47. The van der Waals surface area contributed by atoms with E-state index in [4.69, 9.17) is 0 Å². The zero-order chi connectivity index (χ0) is 20.4. The monoisotopic (exact) mass is 527 g/mol. The average molecular weight is 527 g/mol. The number of nitrogens with zero attached hydrogens (tertiary/aromatic N) is 2. The van der Waals surface area contributed by atoms with E-state index in [1.165, 1.54) is 18.2 Å². The van der Waals surface area contributed by atoms with Crippen LogP contribution in [0.2, 0.25) is 0 Å². The van der Waals surface area contributed by atoms with Crippen molar-refractivity contribution in [3.8, 4) is 0 Å². The number of nitro groups is 1. The first-order chi connectivity index (χ1) is 12.7. The second-order valence-electron chi connectivity index (χ2n) is 6.67. The summed E-state index contributed by atoms with van der Waals surface area (Å²) in [5.41, 5.74) is -0.268. The van der Waals surface area contributed by atoms with Crippen LogP contribution < -0.4 is 15.4 Å². The third-order valence-corrected chi connectivity index (χ3v) is 5.29. The van der Waals surface area contributed by atoms with Gasteiger partial charge >= 0.3 is 0 Å². The van der Waals surface area contributed by atoms with Gasteiger partial charge in [0, 0.05) is 38.3 Å². The molecule has 3 N–H and O–H groups in total. The lowest BCUT2D eigenvalue weighted by molar-refractivity contribution is -0.385. The molecule has 0 saturated carbocycles. The molecule has 0 radical (unpaired) electrons. The maximum Gasteiger partial charge on any atom is 0.270 e. The summed E-state index contributed by atoms with van der Waals surface area (Å²) >= 11 is 0. The summed E-state index contributed by atoms with van der Waals surface area (Å²) < 4.78 is 26.9. The minimum Gasteiger partial charge on any atom is -0.355 e. The van der Waals surface area contributed by atoms with Gasteiger partial charge in [-0.1, -0.05) is 19.9 Å². The number of guanidine groups is 1. The van der Waals surface area contributed by atoms with Crippen molar-refractivity contribution in [2.75, 3.05) is 20.1 Å². The molecule has 1 rings (SSSR count). The smallest absolute Gasteiger partial charge is 0.270 e. The fraction of sp³-hybridized carbons (Fsp3) is 0.588. The van der Waals surface area contributed by atoms with Gasteiger partial charge in [0.1, 0.15) is 0 Å². The predicted octanol–water partition coefficient (Wildman–Crippen LogP) is 2.48. The molecule has 0 saturated heterocycles. The summed E-state index contributed by atoms with van der Waals surface area (Å²) in [5.74, 6) is 1.23. The maximum atomic E-state index is 12.2. The predicted molar refractivity (Wildman–Crippen MR) is 122 cm³/mol. The van der Waals surface area contributed by atoms with Gasteiger partial charge in [0.05, 0.1) is 9.82 Å². The lowest BCUT2D eigenvalue weighted by Crippen LogP contribution is -2.44. The molecule has 9 nitrogen and oxygen atoms in total. The number of benzene rings is 1. The molecule has 0 aliphatic heterocycles. The number of sulfonamides is 1. The molecular weight excluding hydrogens is 497 g/mol. The van der Waals surface area contributed by atoms with E-state index in [0.717, 1.165) is 18.9 Å². The van der Waals surface area contributed by atoms with Crippen molar-refractivity contribution in [3.63, 3.8) is 0 Å². The Labute approximate surface area is 184 Å². The van der Waals surface area contributed by atoms with Crippen molar-refractivity contribution < 1.29 is 13.3 Å². The Balaban J connectivity index is 0.00000729. The third kappa shape index (κ3) is 9.64. The summed E-state index contributed by atoms with van der Waals surface area (Å²) in [6.07, 6.45) is 2.12.